The van der Waals surface area contributed by atoms with Gasteiger partial charge in [0.1, 0.15) is 11.5 Å². The Labute approximate surface area is 155 Å². The Morgan fingerprint density at radius 3 is 2.24 bits per heavy atom. The van der Waals surface area contributed by atoms with E-state index in [1.807, 2.05) is 30.2 Å². The average molecular weight is 360 g/mol. The average Bonchev–Trinajstić information content (AvgIpc) is 2.94. The lowest BCUT2D eigenvalue weighted by Crippen LogP contribution is -2.43. The molecule has 1 heterocycles. The lowest BCUT2D eigenvalue weighted by Gasteiger charge is -2.38. The van der Waals surface area contributed by atoms with E-state index < -0.39 is 8.32 Å². The fraction of sp³-hybridized carbons (Fsp3) is 0.600. The summed E-state index contributed by atoms with van der Waals surface area (Å²) in [6.45, 7) is 13.7. The molecule has 0 radical (unpaired) electrons. The third-order valence-corrected chi connectivity index (χ3v) is 9.67. The van der Waals surface area contributed by atoms with Crippen LogP contribution < -0.4 is 9.31 Å². The molecule has 1 atom stereocenters. The van der Waals surface area contributed by atoms with Crippen LogP contribution in [-0.4, -0.2) is 21.5 Å². The van der Waals surface area contributed by atoms with Crippen molar-refractivity contribution < 1.29 is 13.7 Å². The first-order valence-corrected chi connectivity index (χ1v) is 12.4. The Morgan fingerprint density at radius 1 is 1.12 bits per heavy atom. The van der Waals surface area contributed by atoms with Crippen LogP contribution in [-0.2, 0) is 4.43 Å². The molecule has 0 bridgehead atoms. The first-order valence-electron chi connectivity index (χ1n) is 9.51. The largest absolute Gasteiger partial charge is 0.624 e. The van der Waals surface area contributed by atoms with Gasteiger partial charge in [-0.3, -0.25) is 0 Å². The highest BCUT2D eigenvalue weighted by atomic mass is 28.4. The second-order valence-corrected chi connectivity index (χ2v) is 13.1. The normalized spacial score (nSPS) is 15.8. The molecule has 138 valence electrons. The van der Waals surface area contributed by atoms with Crippen molar-refractivity contribution >= 4 is 15.4 Å². The van der Waals surface area contributed by atoms with Gasteiger partial charge in [-0.05, 0) is 42.7 Å². The molecule has 0 unspecified atom stereocenters. The van der Waals surface area contributed by atoms with E-state index in [9.17, 15) is 0 Å². The van der Waals surface area contributed by atoms with Crippen LogP contribution in [0.15, 0.2) is 36.3 Å². The quantitative estimate of drug-likeness (QED) is 0.420. The first kappa shape index (κ1) is 20.1. The maximum absolute atomic E-state index is 6.63. The molecule has 2 rings (SSSR count). The first-order chi connectivity index (χ1) is 11.7. The zero-order chi connectivity index (χ0) is 18.5. The molecular weight excluding hydrogens is 327 g/mol. The number of hydrogen-bond donors (Lipinski definition) is 0. The molecule has 3 nitrogen and oxygen atoms in total. The van der Waals surface area contributed by atoms with E-state index in [-0.39, 0.29) is 18.3 Å². The minimum atomic E-state index is -1.80. The second-order valence-electron chi connectivity index (χ2n) is 8.35. The highest BCUT2D eigenvalue weighted by molar-refractivity contribution is 6.74. The van der Waals surface area contributed by atoms with Crippen LogP contribution in [0.2, 0.25) is 18.1 Å². The van der Waals surface area contributed by atoms with Crippen molar-refractivity contribution in [1.82, 2.24) is 0 Å². The molecule has 0 spiro atoms. The summed E-state index contributed by atoms with van der Waals surface area (Å²) in [6.07, 6.45) is 6.98. The highest BCUT2D eigenvalue weighted by Crippen LogP contribution is 2.38. The second kappa shape index (κ2) is 8.46. The molecule has 0 aromatic heterocycles. The molecule has 0 saturated heterocycles. The minimum absolute atomic E-state index is 0.128. The zero-order valence-electron chi connectivity index (χ0n) is 16.7. The van der Waals surface area contributed by atoms with Crippen LogP contribution >= 0.6 is 0 Å². The summed E-state index contributed by atoms with van der Waals surface area (Å²) >= 11 is 0. The van der Waals surface area contributed by atoms with Crippen molar-refractivity contribution in [3.63, 3.8) is 0 Å². The summed E-state index contributed by atoms with van der Waals surface area (Å²) in [5, 5.41) is 0.209. The van der Waals surface area contributed by atoms with E-state index in [0.717, 1.165) is 17.9 Å². The van der Waals surface area contributed by atoms with Gasteiger partial charge in [0, 0.05) is 0 Å². The van der Waals surface area contributed by atoms with Gasteiger partial charge in [0.2, 0.25) is 0 Å². The predicted octanol–water partition coefficient (Wildman–Crippen LogP) is 6.01. The van der Waals surface area contributed by atoms with Gasteiger partial charge < -0.3 is 13.7 Å². The summed E-state index contributed by atoms with van der Waals surface area (Å²) in [5.41, 5.74) is 0. The molecule has 5 heteroatoms. The van der Waals surface area contributed by atoms with Crippen LogP contribution in [0.3, 0.4) is 0 Å². The molecule has 0 saturated carbocycles. The standard InChI is InChI=1S/C20H33BO3Si/c1-7-8-9-12-17(24-25(5,6)20(2,3)4)15-16-21-22-18-13-10-11-14-19(18)23-21/h10-11,13-17H,7-9,12H2,1-6H3/b16-15+/t17-/m0/s1. The molecule has 0 fully saturated rings. The molecule has 25 heavy (non-hydrogen) atoms. The van der Waals surface area contributed by atoms with E-state index in [0.29, 0.717) is 0 Å². The van der Waals surface area contributed by atoms with Crippen molar-refractivity contribution in [2.75, 3.05) is 0 Å². The maximum atomic E-state index is 6.63. The van der Waals surface area contributed by atoms with Gasteiger partial charge in [-0.25, -0.2) is 0 Å². The lowest BCUT2D eigenvalue weighted by atomic mass is 9.89. The SMILES string of the molecule is CCCCC[C@@H](/C=C/B1Oc2ccccc2O1)O[Si](C)(C)C(C)(C)C. The Balaban J connectivity index is 2.01. The Kier molecular flexibility index (Phi) is 6.80. The number of rotatable bonds is 8. The van der Waals surface area contributed by atoms with Gasteiger partial charge in [0.05, 0.1) is 6.10 Å². The lowest BCUT2D eigenvalue weighted by molar-refractivity contribution is 0.211. The maximum Gasteiger partial charge on any atom is 0.624 e. The van der Waals surface area contributed by atoms with Crippen LogP contribution in [0.5, 0.6) is 11.5 Å². The van der Waals surface area contributed by atoms with Gasteiger partial charge in [0.15, 0.2) is 8.32 Å². The van der Waals surface area contributed by atoms with Crippen molar-refractivity contribution in [2.45, 2.75) is 77.6 Å². The minimum Gasteiger partial charge on any atom is -0.520 e. The van der Waals surface area contributed by atoms with Gasteiger partial charge in [-0.1, -0.05) is 65.2 Å². The molecule has 0 N–H and O–H groups in total. The molecule has 1 aliphatic rings. The van der Waals surface area contributed by atoms with Crippen molar-refractivity contribution in [3.05, 3.63) is 36.3 Å². The zero-order valence-corrected chi connectivity index (χ0v) is 17.7. The summed E-state index contributed by atoms with van der Waals surface area (Å²) < 4.78 is 18.3. The van der Waals surface area contributed by atoms with Crippen molar-refractivity contribution in [1.29, 1.82) is 0 Å². The molecular formula is C20H33BO3Si. The molecule has 0 aliphatic carbocycles. The van der Waals surface area contributed by atoms with Crippen molar-refractivity contribution in [3.8, 4) is 11.5 Å². The van der Waals surface area contributed by atoms with E-state index in [2.05, 4.69) is 46.9 Å². The monoisotopic (exact) mass is 360 g/mol. The predicted molar refractivity (Wildman–Crippen MR) is 109 cm³/mol. The third kappa shape index (κ3) is 5.65. The van der Waals surface area contributed by atoms with E-state index >= 15 is 0 Å². The van der Waals surface area contributed by atoms with E-state index in [1.165, 1.54) is 19.3 Å². The van der Waals surface area contributed by atoms with E-state index in [4.69, 9.17) is 13.7 Å². The van der Waals surface area contributed by atoms with Gasteiger partial charge in [-0.2, -0.15) is 0 Å². The third-order valence-electron chi connectivity index (χ3n) is 5.16. The van der Waals surface area contributed by atoms with Crippen molar-refractivity contribution in [2.24, 2.45) is 0 Å². The Morgan fingerprint density at radius 2 is 1.72 bits per heavy atom. The van der Waals surface area contributed by atoms with Crippen LogP contribution in [0.25, 0.3) is 0 Å². The smallest absolute Gasteiger partial charge is 0.520 e. The summed E-state index contributed by atoms with van der Waals surface area (Å²) in [6, 6.07) is 7.80. The molecule has 1 aromatic rings. The van der Waals surface area contributed by atoms with Crippen LogP contribution in [0.1, 0.15) is 53.4 Å². The fourth-order valence-electron chi connectivity index (χ4n) is 2.56. The summed E-state index contributed by atoms with van der Waals surface area (Å²) in [4.78, 5) is 0. The fourth-order valence-corrected chi connectivity index (χ4v) is 3.86. The number of hydrogen-bond acceptors (Lipinski definition) is 3. The Hall–Kier alpha value is -1.20. The van der Waals surface area contributed by atoms with Gasteiger partial charge in [0.25, 0.3) is 0 Å². The number of para-hydroxylation sites is 2. The van der Waals surface area contributed by atoms with Gasteiger partial charge in [-0.15, -0.1) is 0 Å². The number of unbranched alkanes of at least 4 members (excludes halogenated alkanes) is 2. The van der Waals surface area contributed by atoms with E-state index in [1.54, 1.807) is 0 Å². The van der Waals surface area contributed by atoms with Gasteiger partial charge >= 0.3 is 7.12 Å². The number of benzene rings is 1. The number of fused-ring (bicyclic) bond motifs is 1. The van der Waals surface area contributed by atoms with Crippen LogP contribution in [0, 0.1) is 0 Å². The summed E-state index contributed by atoms with van der Waals surface area (Å²) in [7, 11) is -2.15. The molecule has 1 aliphatic heterocycles. The van der Waals surface area contributed by atoms with Crippen LogP contribution in [0.4, 0.5) is 0 Å². The topological polar surface area (TPSA) is 27.7 Å². The summed E-state index contributed by atoms with van der Waals surface area (Å²) in [5.74, 6) is 3.62. The molecule has 0 amide bonds. The Bertz CT molecular complexity index is 556. The molecule has 1 aromatic carbocycles. The highest BCUT2D eigenvalue weighted by Gasteiger charge is 2.39.